The van der Waals surface area contributed by atoms with E-state index in [0.717, 1.165) is 44.2 Å². The van der Waals surface area contributed by atoms with Gasteiger partial charge in [0.2, 0.25) is 0 Å². The predicted octanol–water partition coefficient (Wildman–Crippen LogP) is 4.53. The van der Waals surface area contributed by atoms with E-state index in [1.807, 2.05) is 7.11 Å². The van der Waals surface area contributed by atoms with Crippen LogP contribution >= 0.6 is 0 Å². The van der Waals surface area contributed by atoms with E-state index in [2.05, 4.69) is 48.5 Å². The number of hydrogen-bond donors (Lipinski definition) is 0. The van der Waals surface area contributed by atoms with E-state index in [-0.39, 0.29) is 18.3 Å². The number of ether oxygens (including phenoxy) is 3. The first-order valence-corrected chi connectivity index (χ1v) is 12.0. The van der Waals surface area contributed by atoms with E-state index in [1.165, 1.54) is 21.2 Å². The summed E-state index contributed by atoms with van der Waals surface area (Å²) in [5, 5.41) is 1.02. The molecule has 4 heteroatoms. The average Bonchev–Trinajstić information content (AvgIpc) is 3.43. The number of methoxy groups -OCH3 is 1. The topological polar surface area (TPSA) is 27.7 Å². The summed E-state index contributed by atoms with van der Waals surface area (Å²) in [4.78, 5) is 0. The zero-order valence-electron chi connectivity index (χ0n) is 15.9. The van der Waals surface area contributed by atoms with Gasteiger partial charge in [-0.05, 0) is 0 Å². The quantitative estimate of drug-likeness (QED) is 0.603. The zero-order valence-corrected chi connectivity index (χ0v) is 17.6. The van der Waals surface area contributed by atoms with Gasteiger partial charge in [0.25, 0.3) is 0 Å². The van der Waals surface area contributed by atoms with E-state index < -0.39 is 0 Å². The molecule has 2 aliphatic rings. The van der Waals surface area contributed by atoms with Crippen molar-refractivity contribution in [3.63, 3.8) is 0 Å². The molecule has 2 aliphatic heterocycles. The number of benzene rings is 2. The van der Waals surface area contributed by atoms with Gasteiger partial charge in [0.1, 0.15) is 0 Å². The summed E-state index contributed by atoms with van der Waals surface area (Å²) in [6.45, 7) is 1.76. The van der Waals surface area contributed by atoms with Gasteiger partial charge in [0, 0.05) is 0 Å². The van der Waals surface area contributed by atoms with Crippen LogP contribution in [0.5, 0.6) is 0 Å². The fourth-order valence-corrected chi connectivity index (χ4v) is 6.91. The van der Waals surface area contributed by atoms with Crippen molar-refractivity contribution >= 4 is 19.4 Å². The van der Waals surface area contributed by atoms with Gasteiger partial charge < -0.3 is 0 Å². The Balaban J connectivity index is 1.60. The van der Waals surface area contributed by atoms with Crippen LogP contribution in [0.3, 0.4) is 0 Å². The molecule has 0 amide bonds. The van der Waals surface area contributed by atoms with Gasteiger partial charge >= 0.3 is 168 Å². The van der Waals surface area contributed by atoms with Gasteiger partial charge in [-0.25, -0.2) is 0 Å². The van der Waals surface area contributed by atoms with Crippen molar-refractivity contribution in [2.75, 3.05) is 20.3 Å². The van der Waals surface area contributed by atoms with Gasteiger partial charge in [0.05, 0.1) is 0 Å². The molecular weight excluding hydrogens is 403 g/mol. The Hall–Kier alpha value is -1.16. The molecule has 144 valence electrons. The Morgan fingerprint density at radius 1 is 0.926 bits per heavy atom. The normalized spacial score (nSPS) is 23.6. The van der Waals surface area contributed by atoms with Crippen LogP contribution < -0.4 is 4.46 Å². The van der Waals surface area contributed by atoms with Gasteiger partial charge in [-0.3, -0.25) is 0 Å². The van der Waals surface area contributed by atoms with Crippen molar-refractivity contribution < 1.29 is 14.2 Å². The molecule has 2 heterocycles. The fraction of sp³-hybridized carbons (Fsp3) is 0.478. The summed E-state index contributed by atoms with van der Waals surface area (Å²) in [6, 6.07) is 17.3. The Morgan fingerprint density at radius 3 is 2.07 bits per heavy atom. The van der Waals surface area contributed by atoms with E-state index in [4.69, 9.17) is 14.2 Å². The molecule has 0 aliphatic carbocycles. The van der Waals surface area contributed by atoms with Crippen molar-refractivity contribution in [1.29, 1.82) is 0 Å². The molecule has 2 fully saturated rings. The first-order chi connectivity index (χ1) is 13.4. The van der Waals surface area contributed by atoms with Gasteiger partial charge in [-0.1, -0.05) is 0 Å². The Bertz CT molecular complexity index is 687. The van der Waals surface area contributed by atoms with Crippen molar-refractivity contribution in [3.8, 4) is 0 Å². The zero-order chi connectivity index (χ0) is 18.5. The van der Waals surface area contributed by atoms with Gasteiger partial charge in [-0.15, -0.1) is 0 Å². The Morgan fingerprint density at radius 2 is 1.56 bits per heavy atom. The van der Waals surface area contributed by atoms with Crippen molar-refractivity contribution in [2.45, 2.75) is 49.3 Å². The minimum atomic E-state index is 0.140. The van der Waals surface area contributed by atoms with E-state index >= 15 is 0 Å². The Kier molecular flexibility index (Phi) is 6.64. The summed E-state index contributed by atoms with van der Waals surface area (Å²) >= 11 is 0.306. The average molecular weight is 431 g/mol. The molecule has 1 unspecified atom stereocenters. The van der Waals surface area contributed by atoms with Crippen LogP contribution in [0.1, 0.15) is 60.7 Å². The van der Waals surface area contributed by atoms with E-state index in [1.54, 1.807) is 0 Å². The van der Waals surface area contributed by atoms with Gasteiger partial charge in [-0.2, -0.15) is 0 Å². The molecular formula is C23H28O3Se. The number of hydrogen-bond acceptors (Lipinski definition) is 3. The molecule has 0 N–H and O–H groups in total. The first-order valence-electron chi connectivity index (χ1n) is 9.93. The van der Waals surface area contributed by atoms with E-state index in [9.17, 15) is 0 Å². The van der Waals surface area contributed by atoms with Crippen LogP contribution in [-0.4, -0.2) is 35.3 Å². The third kappa shape index (κ3) is 4.47. The summed E-state index contributed by atoms with van der Waals surface area (Å²) in [5.74, 6) is 0. The third-order valence-electron chi connectivity index (χ3n) is 5.46. The molecule has 3 atom stereocenters. The second-order valence-corrected chi connectivity index (χ2v) is 9.38. The van der Waals surface area contributed by atoms with Crippen LogP contribution in [0.15, 0.2) is 48.5 Å². The van der Waals surface area contributed by atoms with Crippen LogP contribution in [0, 0.1) is 0 Å². The molecule has 2 aromatic carbocycles. The van der Waals surface area contributed by atoms with Crippen molar-refractivity contribution in [3.05, 3.63) is 65.2 Å². The molecule has 0 spiro atoms. The SMILES string of the molecule is COC(C[Se]c1c([C@@H]2CCCO2)cccc1[C@@H]1CCCO1)c1ccccc1. The van der Waals surface area contributed by atoms with Gasteiger partial charge in [0.15, 0.2) is 0 Å². The maximum atomic E-state index is 6.05. The van der Waals surface area contributed by atoms with Crippen molar-refractivity contribution in [2.24, 2.45) is 0 Å². The maximum absolute atomic E-state index is 6.05. The first kappa shape index (κ1) is 19.2. The molecule has 3 nitrogen and oxygen atoms in total. The summed E-state index contributed by atoms with van der Waals surface area (Å²) in [7, 11) is 1.82. The van der Waals surface area contributed by atoms with Crippen LogP contribution in [-0.2, 0) is 14.2 Å². The third-order valence-corrected chi connectivity index (χ3v) is 8.04. The minimum absolute atomic E-state index is 0.140. The second-order valence-electron chi connectivity index (χ2n) is 7.21. The summed E-state index contributed by atoms with van der Waals surface area (Å²) in [6.07, 6.45) is 5.22. The monoisotopic (exact) mass is 432 g/mol. The second kappa shape index (κ2) is 9.36. The van der Waals surface area contributed by atoms with E-state index in [0.29, 0.717) is 15.0 Å². The van der Waals surface area contributed by atoms with Crippen LogP contribution in [0.2, 0.25) is 5.32 Å². The molecule has 2 aromatic rings. The molecule has 0 radical (unpaired) electrons. The fourth-order valence-electron chi connectivity index (χ4n) is 4.02. The molecule has 4 rings (SSSR count). The number of rotatable bonds is 7. The van der Waals surface area contributed by atoms with Crippen molar-refractivity contribution in [1.82, 2.24) is 0 Å². The molecule has 2 saturated heterocycles. The molecule has 27 heavy (non-hydrogen) atoms. The summed E-state index contributed by atoms with van der Waals surface area (Å²) in [5.41, 5.74) is 4.04. The predicted molar refractivity (Wildman–Crippen MR) is 109 cm³/mol. The summed E-state index contributed by atoms with van der Waals surface area (Å²) < 4.78 is 19.4. The van der Waals surface area contributed by atoms with Crippen LogP contribution in [0.25, 0.3) is 0 Å². The molecule has 0 aromatic heterocycles. The standard InChI is InChI=1S/C23H28O3Se/c1-24-22(17-8-3-2-4-9-17)16-27-23-18(20-12-6-14-25-20)10-5-11-19(23)21-13-7-15-26-21/h2-5,8-11,20-22H,6-7,12-16H2,1H3/t20-,21-,22?/m0/s1. The van der Waals surface area contributed by atoms with Crippen LogP contribution in [0.4, 0.5) is 0 Å². The molecule has 0 saturated carbocycles. The Labute approximate surface area is 168 Å². The molecule has 0 bridgehead atoms.